The van der Waals surface area contributed by atoms with E-state index < -0.39 is 5.97 Å². The Bertz CT molecular complexity index is 447. The number of hydrogen-bond donors (Lipinski definition) is 2. The molecule has 1 aromatic rings. The maximum absolute atomic E-state index is 11.4. The maximum atomic E-state index is 11.4. The number of nitrogens with zero attached hydrogens (tertiary/aromatic N) is 2. The fourth-order valence-corrected chi connectivity index (χ4v) is 2.98. The number of aromatic nitrogens is 2. The highest BCUT2D eigenvalue weighted by molar-refractivity contribution is 5.88. The van der Waals surface area contributed by atoms with Gasteiger partial charge in [0.1, 0.15) is 5.69 Å². The zero-order chi connectivity index (χ0) is 11.8. The lowest BCUT2D eigenvalue weighted by Crippen LogP contribution is -2.24. The molecule has 1 aromatic heterocycles. The van der Waals surface area contributed by atoms with E-state index in [1.165, 1.54) is 12.8 Å². The maximum Gasteiger partial charge on any atom is 0.354 e. The first-order valence-electron chi connectivity index (χ1n) is 6.31. The molecule has 92 valence electrons. The molecule has 1 fully saturated rings. The van der Waals surface area contributed by atoms with Crippen LogP contribution in [0, 0.1) is 0 Å². The van der Waals surface area contributed by atoms with Crippen LogP contribution in [-0.2, 0) is 13.0 Å². The van der Waals surface area contributed by atoms with Crippen molar-refractivity contribution in [2.75, 3.05) is 6.54 Å². The first kappa shape index (κ1) is 10.8. The van der Waals surface area contributed by atoms with E-state index >= 15 is 0 Å². The van der Waals surface area contributed by atoms with Crippen LogP contribution in [-0.4, -0.2) is 27.4 Å². The normalized spacial score (nSPS) is 20.5. The minimum absolute atomic E-state index is 0.298. The van der Waals surface area contributed by atoms with Crippen molar-refractivity contribution >= 4 is 5.97 Å². The number of carboxylic acid groups (broad SMARTS) is 1. The van der Waals surface area contributed by atoms with Gasteiger partial charge in [-0.1, -0.05) is 12.8 Å². The summed E-state index contributed by atoms with van der Waals surface area (Å²) in [7, 11) is 0. The van der Waals surface area contributed by atoms with Crippen LogP contribution in [0.2, 0.25) is 0 Å². The number of fused-ring (bicyclic) bond motifs is 1. The molecule has 0 aromatic carbocycles. The minimum Gasteiger partial charge on any atom is -0.477 e. The molecule has 1 aliphatic carbocycles. The highest BCUT2D eigenvalue weighted by atomic mass is 16.4. The quantitative estimate of drug-likeness (QED) is 0.811. The number of carboxylic acids is 1. The summed E-state index contributed by atoms with van der Waals surface area (Å²) >= 11 is 0. The lowest BCUT2D eigenvalue weighted by Gasteiger charge is -2.13. The van der Waals surface area contributed by atoms with Crippen LogP contribution in [0.15, 0.2) is 0 Å². The highest BCUT2D eigenvalue weighted by Gasteiger charge is 2.29. The predicted molar refractivity (Wildman–Crippen MR) is 62.1 cm³/mol. The fraction of sp³-hybridized carbons (Fsp3) is 0.667. The van der Waals surface area contributed by atoms with Gasteiger partial charge in [0.2, 0.25) is 0 Å². The van der Waals surface area contributed by atoms with E-state index in [-0.39, 0.29) is 0 Å². The lowest BCUT2D eigenvalue weighted by molar-refractivity contribution is 0.0679. The van der Waals surface area contributed by atoms with E-state index in [0.29, 0.717) is 18.3 Å². The first-order chi connectivity index (χ1) is 8.27. The van der Waals surface area contributed by atoms with Crippen molar-refractivity contribution in [1.82, 2.24) is 15.1 Å². The second kappa shape index (κ2) is 4.14. The van der Waals surface area contributed by atoms with Crippen LogP contribution in [0.4, 0.5) is 0 Å². The Hall–Kier alpha value is -1.36. The van der Waals surface area contributed by atoms with Gasteiger partial charge in [-0.3, -0.25) is 4.68 Å². The molecule has 0 atom stereocenters. The smallest absolute Gasteiger partial charge is 0.354 e. The largest absolute Gasteiger partial charge is 0.477 e. The Morgan fingerprint density at radius 3 is 2.88 bits per heavy atom. The Morgan fingerprint density at radius 1 is 1.41 bits per heavy atom. The number of nitrogens with one attached hydrogen (secondary N) is 1. The van der Waals surface area contributed by atoms with Crippen LogP contribution < -0.4 is 5.32 Å². The van der Waals surface area contributed by atoms with E-state index in [1.807, 2.05) is 0 Å². The average molecular weight is 235 g/mol. The van der Waals surface area contributed by atoms with E-state index in [9.17, 15) is 9.90 Å². The van der Waals surface area contributed by atoms with Gasteiger partial charge >= 0.3 is 5.97 Å². The summed E-state index contributed by atoms with van der Waals surface area (Å²) < 4.78 is 1.78. The van der Waals surface area contributed by atoms with E-state index in [0.717, 1.165) is 37.1 Å². The summed E-state index contributed by atoms with van der Waals surface area (Å²) in [6.45, 7) is 1.55. The molecule has 17 heavy (non-hydrogen) atoms. The van der Waals surface area contributed by atoms with Crippen molar-refractivity contribution in [1.29, 1.82) is 0 Å². The van der Waals surface area contributed by atoms with Crippen molar-refractivity contribution in [3.63, 3.8) is 0 Å². The van der Waals surface area contributed by atoms with E-state index in [1.54, 1.807) is 4.68 Å². The van der Waals surface area contributed by atoms with Crippen LogP contribution in [0.1, 0.15) is 53.5 Å². The Labute approximate surface area is 99.8 Å². The number of aromatic carboxylic acids is 1. The van der Waals surface area contributed by atoms with Gasteiger partial charge in [0.05, 0.1) is 11.7 Å². The van der Waals surface area contributed by atoms with E-state index in [4.69, 9.17) is 0 Å². The average Bonchev–Trinajstić information content (AvgIpc) is 2.95. The van der Waals surface area contributed by atoms with Crippen LogP contribution in [0.25, 0.3) is 0 Å². The summed E-state index contributed by atoms with van der Waals surface area (Å²) in [5.74, 6) is -0.826. The van der Waals surface area contributed by atoms with Gasteiger partial charge in [0.15, 0.2) is 0 Å². The Kier molecular flexibility index (Phi) is 2.63. The van der Waals surface area contributed by atoms with Crippen LogP contribution in [0.5, 0.6) is 0 Å². The molecule has 0 unspecified atom stereocenters. The minimum atomic E-state index is -0.826. The third-order valence-electron chi connectivity index (χ3n) is 3.81. The van der Waals surface area contributed by atoms with Crippen molar-refractivity contribution in [3.05, 3.63) is 17.0 Å². The monoisotopic (exact) mass is 235 g/mol. The molecule has 3 rings (SSSR count). The molecule has 5 heteroatoms. The summed E-state index contributed by atoms with van der Waals surface area (Å²) in [4.78, 5) is 11.4. The summed E-state index contributed by atoms with van der Waals surface area (Å²) in [5.41, 5.74) is 2.32. The SMILES string of the molecule is O=C(O)c1c2c(nn1C1CCCC1)CNCC2. The van der Waals surface area contributed by atoms with Gasteiger partial charge in [-0.15, -0.1) is 0 Å². The third-order valence-corrected chi connectivity index (χ3v) is 3.81. The molecular formula is C12H17N3O2. The first-order valence-corrected chi connectivity index (χ1v) is 6.31. The van der Waals surface area contributed by atoms with Gasteiger partial charge in [-0.2, -0.15) is 5.10 Å². The van der Waals surface area contributed by atoms with Gasteiger partial charge in [0.25, 0.3) is 0 Å². The number of rotatable bonds is 2. The summed E-state index contributed by atoms with van der Waals surface area (Å²) in [5, 5.41) is 17.2. The lowest BCUT2D eigenvalue weighted by atomic mass is 10.1. The third kappa shape index (κ3) is 1.74. The predicted octanol–water partition coefficient (Wildman–Crippen LogP) is 1.34. The Morgan fingerprint density at radius 2 is 2.18 bits per heavy atom. The molecule has 0 radical (unpaired) electrons. The molecule has 0 saturated heterocycles. The zero-order valence-electron chi connectivity index (χ0n) is 9.78. The number of carbonyl (C=O) groups is 1. The molecule has 2 heterocycles. The number of hydrogen-bond acceptors (Lipinski definition) is 3. The summed E-state index contributed by atoms with van der Waals surface area (Å²) in [6.07, 6.45) is 5.28. The second-order valence-electron chi connectivity index (χ2n) is 4.89. The molecule has 5 nitrogen and oxygen atoms in total. The van der Waals surface area contributed by atoms with Gasteiger partial charge in [-0.25, -0.2) is 4.79 Å². The summed E-state index contributed by atoms with van der Waals surface area (Å²) in [6, 6.07) is 0.298. The molecule has 2 N–H and O–H groups in total. The van der Waals surface area contributed by atoms with Crippen molar-refractivity contribution in [3.8, 4) is 0 Å². The standard InChI is InChI=1S/C12H17N3O2/c16-12(17)11-9-5-6-13-7-10(9)14-15(11)8-3-1-2-4-8/h8,13H,1-7H2,(H,16,17). The van der Waals surface area contributed by atoms with Crippen LogP contribution >= 0.6 is 0 Å². The molecular weight excluding hydrogens is 218 g/mol. The molecule has 0 spiro atoms. The molecule has 1 saturated carbocycles. The van der Waals surface area contributed by atoms with Gasteiger partial charge in [-0.05, 0) is 25.8 Å². The molecule has 0 amide bonds. The zero-order valence-corrected chi connectivity index (χ0v) is 9.78. The highest BCUT2D eigenvalue weighted by Crippen LogP contribution is 2.32. The molecule has 1 aliphatic heterocycles. The fourth-order valence-electron chi connectivity index (χ4n) is 2.98. The van der Waals surface area contributed by atoms with Crippen LogP contribution in [0.3, 0.4) is 0 Å². The van der Waals surface area contributed by atoms with Gasteiger partial charge < -0.3 is 10.4 Å². The van der Waals surface area contributed by atoms with Crippen molar-refractivity contribution in [2.45, 2.75) is 44.7 Å². The van der Waals surface area contributed by atoms with E-state index in [2.05, 4.69) is 10.4 Å². The van der Waals surface area contributed by atoms with Crippen molar-refractivity contribution in [2.24, 2.45) is 0 Å². The molecule has 0 bridgehead atoms. The molecule has 2 aliphatic rings. The van der Waals surface area contributed by atoms with Crippen molar-refractivity contribution < 1.29 is 9.90 Å². The topological polar surface area (TPSA) is 67.1 Å². The second-order valence-corrected chi connectivity index (χ2v) is 4.89. The Balaban J connectivity index is 2.06. The van der Waals surface area contributed by atoms with Gasteiger partial charge in [0, 0.05) is 12.1 Å².